The van der Waals surface area contributed by atoms with Crippen molar-refractivity contribution >= 4 is 17.6 Å². The molecule has 84 valence electrons. The van der Waals surface area contributed by atoms with Gasteiger partial charge < -0.3 is 5.32 Å². The second-order valence-electron chi connectivity index (χ2n) is 4.07. The molecule has 0 aromatic rings. The number of aliphatic imine (C=N–C) groups is 2. The van der Waals surface area contributed by atoms with E-state index in [1.807, 2.05) is 13.8 Å². The summed E-state index contributed by atoms with van der Waals surface area (Å²) in [5.74, 6) is 3.70. The number of fused-ring (bicyclic) bond motifs is 1. The molecule has 0 aromatic heterocycles. The Morgan fingerprint density at radius 3 is 3.00 bits per heavy atom. The maximum absolute atomic E-state index is 11.5. The van der Waals surface area contributed by atoms with Gasteiger partial charge in [0.25, 0.3) is 0 Å². The molecule has 1 fully saturated rings. The lowest BCUT2D eigenvalue weighted by Crippen LogP contribution is -2.48. The van der Waals surface area contributed by atoms with Gasteiger partial charge in [0.1, 0.15) is 5.70 Å². The van der Waals surface area contributed by atoms with Crippen molar-refractivity contribution in [1.82, 2.24) is 10.2 Å². The summed E-state index contributed by atoms with van der Waals surface area (Å²) in [4.78, 5) is 21.6. The molecule has 2 aliphatic rings. The third-order valence-corrected chi connectivity index (χ3v) is 2.53. The van der Waals surface area contributed by atoms with Crippen LogP contribution in [0.3, 0.4) is 0 Å². The first-order valence-electron chi connectivity index (χ1n) is 5.22. The predicted molar refractivity (Wildman–Crippen MR) is 62.1 cm³/mol. The molecule has 0 radical (unpaired) electrons. The number of likely N-dealkylation sites (N-methyl/N-ethyl adjacent to an activating group) is 1. The van der Waals surface area contributed by atoms with Gasteiger partial charge in [0, 0.05) is 12.9 Å². The number of amidine groups is 1. The number of piperazine rings is 1. The van der Waals surface area contributed by atoms with Crippen molar-refractivity contribution in [3.8, 4) is 0 Å². The first-order valence-corrected chi connectivity index (χ1v) is 5.22. The van der Waals surface area contributed by atoms with Crippen molar-refractivity contribution in [1.29, 1.82) is 0 Å². The summed E-state index contributed by atoms with van der Waals surface area (Å²) in [6, 6.07) is 0. The predicted octanol–water partition coefficient (Wildman–Crippen LogP) is 0.511. The van der Waals surface area contributed by atoms with Gasteiger partial charge >= 0.3 is 0 Å². The van der Waals surface area contributed by atoms with E-state index in [1.165, 1.54) is 4.90 Å². The lowest BCUT2D eigenvalue weighted by molar-refractivity contribution is -0.125. The van der Waals surface area contributed by atoms with Gasteiger partial charge in [0.05, 0.1) is 18.4 Å². The Balaban J connectivity index is 2.44. The SMILES string of the molecule is CC(C)C1=CN=C=C2NCC(=O)N(C)C2=N1. The van der Waals surface area contributed by atoms with Crippen LogP contribution in [0.4, 0.5) is 0 Å². The molecular formula is C11H14N4O. The highest BCUT2D eigenvalue weighted by Crippen LogP contribution is 2.16. The molecule has 0 spiro atoms. The minimum absolute atomic E-state index is 0.00527. The number of carbonyl (C=O) groups is 1. The molecule has 0 aliphatic carbocycles. The first-order chi connectivity index (χ1) is 7.59. The highest BCUT2D eigenvalue weighted by atomic mass is 16.2. The minimum Gasteiger partial charge on any atom is -0.365 e. The molecule has 5 nitrogen and oxygen atoms in total. The molecule has 0 atom stereocenters. The molecule has 5 heteroatoms. The number of rotatable bonds is 1. The Kier molecular flexibility index (Phi) is 2.62. The van der Waals surface area contributed by atoms with Gasteiger partial charge in [-0.2, -0.15) is 0 Å². The Hall–Kier alpha value is -1.87. The number of carbonyl (C=O) groups excluding carboxylic acids is 1. The van der Waals surface area contributed by atoms with Gasteiger partial charge in [-0.1, -0.05) is 13.8 Å². The van der Waals surface area contributed by atoms with Gasteiger partial charge in [-0.15, -0.1) is 0 Å². The fourth-order valence-electron chi connectivity index (χ4n) is 1.46. The topological polar surface area (TPSA) is 57.1 Å². The fraction of sp³-hybridized carbons (Fsp3) is 0.455. The van der Waals surface area contributed by atoms with Gasteiger partial charge in [0.2, 0.25) is 5.91 Å². The number of hydrogen-bond acceptors (Lipinski definition) is 4. The van der Waals surface area contributed by atoms with E-state index in [0.717, 1.165) is 5.70 Å². The summed E-state index contributed by atoms with van der Waals surface area (Å²) in [6.45, 7) is 4.34. The van der Waals surface area contributed by atoms with E-state index in [2.05, 4.69) is 21.2 Å². The lowest BCUT2D eigenvalue weighted by Gasteiger charge is -2.26. The number of allylic oxidation sites excluding steroid dienone is 1. The molecule has 2 rings (SSSR count). The largest absolute Gasteiger partial charge is 0.365 e. The van der Waals surface area contributed by atoms with Crippen LogP contribution in [0.2, 0.25) is 0 Å². The van der Waals surface area contributed by atoms with Gasteiger partial charge in [-0.05, 0) is 5.92 Å². The zero-order chi connectivity index (χ0) is 11.7. The van der Waals surface area contributed by atoms with Crippen LogP contribution < -0.4 is 5.32 Å². The van der Waals surface area contributed by atoms with Crippen molar-refractivity contribution < 1.29 is 4.79 Å². The molecule has 1 saturated heterocycles. The molecule has 2 aliphatic heterocycles. The Bertz CT molecular complexity index is 453. The highest BCUT2D eigenvalue weighted by Gasteiger charge is 2.26. The Morgan fingerprint density at radius 1 is 1.56 bits per heavy atom. The highest BCUT2D eigenvalue weighted by molar-refractivity contribution is 6.14. The monoisotopic (exact) mass is 218 g/mol. The first kappa shape index (κ1) is 10.6. The molecule has 1 amide bonds. The van der Waals surface area contributed by atoms with Crippen LogP contribution in [0, 0.1) is 5.92 Å². The Labute approximate surface area is 94.3 Å². The second-order valence-corrected chi connectivity index (χ2v) is 4.07. The zero-order valence-corrected chi connectivity index (χ0v) is 9.61. The summed E-state index contributed by atoms with van der Waals surface area (Å²) in [6.07, 6.45) is 1.68. The van der Waals surface area contributed by atoms with Crippen LogP contribution >= 0.6 is 0 Å². The number of nitrogens with one attached hydrogen (secondary N) is 1. The minimum atomic E-state index is -0.00527. The quantitative estimate of drug-likeness (QED) is 0.697. The van der Waals surface area contributed by atoms with Crippen molar-refractivity contribution in [2.45, 2.75) is 13.8 Å². The molecule has 0 bridgehead atoms. The summed E-state index contributed by atoms with van der Waals surface area (Å²) in [5.41, 5.74) is 1.52. The molecule has 16 heavy (non-hydrogen) atoms. The van der Waals surface area contributed by atoms with E-state index in [0.29, 0.717) is 11.5 Å². The average molecular weight is 218 g/mol. The van der Waals surface area contributed by atoms with Crippen molar-refractivity contribution in [3.05, 3.63) is 17.6 Å². The molecular weight excluding hydrogens is 204 g/mol. The average Bonchev–Trinajstić information content (AvgIpc) is 2.46. The maximum Gasteiger partial charge on any atom is 0.247 e. The van der Waals surface area contributed by atoms with Crippen LogP contribution in [0.1, 0.15) is 13.8 Å². The van der Waals surface area contributed by atoms with E-state index in [9.17, 15) is 4.79 Å². The Morgan fingerprint density at radius 2 is 2.31 bits per heavy atom. The lowest BCUT2D eigenvalue weighted by atomic mass is 10.1. The van der Waals surface area contributed by atoms with Crippen LogP contribution in [0.5, 0.6) is 0 Å². The van der Waals surface area contributed by atoms with Crippen molar-refractivity contribution in [2.75, 3.05) is 13.6 Å². The second kappa shape index (κ2) is 3.94. The maximum atomic E-state index is 11.5. The third-order valence-electron chi connectivity index (χ3n) is 2.53. The van der Waals surface area contributed by atoms with Crippen LogP contribution in [0.15, 0.2) is 27.6 Å². The van der Waals surface area contributed by atoms with Crippen LogP contribution in [0.25, 0.3) is 0 Å². The molecule has 0 aromatic carbocycles. The molecule has 0 unspecified atom stereocenters. The van der Waals surface area contributed by atoms with Crippen LogP contribution in [-0.4, -0.2) is 36.1 Å². The molecule has 2 heterocycles. The summed E-state index contributed by atoms with van der Waals surface area (Å²) in [5, 5.41) is 2.96. The third kappa shape index (κ3) is 1.77. The summed E-state index contributed by atoms with van der Waals surface area (Å²) < 4.78 is 0. The van der Waals surface area contributed by atoms with Crippen molar-refractivity contribution in [3.63, 3.8) is 0 Å². The molecule has 0 saturated carbocycles. The van der Waals surface area contributed by atoms with E-state index < -0.39 is 0 Å². The van der Waals surface area contributed by atoms with Gasteiger partial charge in [0.15, 0.2) is 5.84 Å². The van der Waals surface area contributed by atoms with E-state index in [4.69, 9.17) is 0 Å². The van der Waals surface area contributed by atoms with E-state index >= 15 is 0 Å². The van der Waals surface area contributed by atoms with E-state index in [-0.39, 0.29) is 18.4 Å². The smallest absolute Gasteiger partial charge is 0.247 e. The normalized spacial score (nSPS) is 19.6. The van der Waals surface area contributed by atoms with Gasteiger partial charge in [-0.25, -0.2) is 9.98 Å². The zero-order valence-electron chi connectivity index (χ0n) is 9.61. The van der Waals surface area contributed by atoms with Gasteiger partial charge in [-0.3, -0.25) is 9.69 Å². The number of amides is 1. The number of nitrogens with zero attached hydrogens (tertiary/aromatic N) is 3. The van der Waals surface area contributed by atoms with E-state index in [1.54, 1.807) is 13.2 Å². The standard InChI is InChI=1S/C11H14N4O/c1-7(2)8-4-12-5-9-11(14-8)15(3)10(16)6-13-9/h4,7,13H,6H2,1-3H3. The summed E-state index contributed by atoms with van der Waals surface area (Å²) >= 11 is 0. The van der Waals surface area contributed by atoms with Crippen LogP contribution in [-0.2, 0) is 4.79 Å². The van der Waals surface area contributed by atoms with Crippen molar-refractivity contribution in [2.24, 2.45) is 15.9 Å². The summed E-state index contributed by atoms with van der Waals surface area (Å²) in [7, 11) is 1.72. The number of hydrogen-bond donors (Lipinski definition) is 1. The molecule has 1 N–H and O–H groups in total. The fourth-order valence-corrected chi connectivity index (χ4v) is 1.46.